The summed E-state index contributed by atoms with van der Waals surface area (Å²) in [4.78, 5) is 39.1. The summed E-state index contributed by atoms with van der Waals surface area (Å²) in [5.41, 5.74) is 3.98. The molecule has 0 unspecified atom stereocenters. The van der Waals surface area contributed by atoms with Gasteiger partial charge in [-0.1, -0.05) is 31.2 Å². The van der Waals surface area contributed by atoms with Gasteiger partial charge in [0, 0.05) is 30.0 Å². The third-order valence-corrected chi connectivity index (χ3v) is 5.98. The van der Waals surface area contributed by atoms with E-state index in [-0.39, 0.29) is 24.9 Å². The number of allylic oxidation sites excluding steroid dienone is 3. The van der Waals surface area contributed by atoms with Crippen LogP contribution in [0.5, 0.6) is 0 Å². The van der Waals surface area contributed by atoms with Gasteiger partial charge in [-0.05, 0) is 37.3 Å². The molecule has 0 spiro atoms. The lowest BCUT2D eigenvalue weighted by Gasteiger charge is -2.38. The summed E-state index contributed by atoms with van der Waals surface area (Å²) < 4.78 is 15.3. The van der Waals surface area contributed by atoms with E-state index >= 15 is 0 Å². The molecule has 2 aliphatic rings. The van der Waals surface area contributed by atoms with Crippen LogP contribution < -0.4 is 5.32 Å². The SMILES string of the molecule is COCCOC(=O)C1=C(C)NC2=C(C(=O)[C@H](C(=O)OC)[C@H](C)C2)[C@H]1c1ccccc1C. The number of dihydropyridines is 1. The maximum Gasteiger partial charge on any atom is 0.336 e. The molecule has 7 heteroatoms. The molecule has 1 aromatic carbocycles. The monoisotopic (exact) mass is 427 g/mol. The minimum absolute atomic E-state index is 0.105. The fourth-order valence-electron chi connectivity index (χ4n) is 4.47. The smallest absolute Gasteiger partial charge is 0.336 e. The second-order valence-corrected chi connectivity index (χ2v) is 8.02. The third-order valence-electron chi connectivity index (χ3n) is 5.98. The molecule has 0 fully saturated rings. The van der Waals surface area contributed by atoms with Gasteiger partial charge >= 0.3 is 11.9 Å². The first kappa shape index (κ1) is 22.7. The van der Waals surface area contributed by atoms with Crippen molar-refractivity contribution in [2.75, 3.05) is 27.4 Å². The number of ketones is 1. The summed E-state index contributed by atoms with van der Waals surface area (Å²) in [6, 6.07) is 7.63. The maximum absolute atomic E-state index is 13.6. The van der Waals surface area contributed by atoms with Crippen LogP contribution in [0, 0.1) is 18.8 Å². The number of hydrogen-bond acceptors (Lipinski definition) is 7. The van der Waals surface area contributed by atoms with Crippen LogP contribution in [-0.2, 0) is 28.6 Å². The Bertz CT molecular complexity index is 961. The second-order valence-electron chi connectivity index (χ2n) is 8.02. The zero-order valence-corrected chi connectivity index (χ0v) is 18.6. The molecule has 0 radical (unpaired) electrons. The highest BCUT2D eigenvalue weighted by Gasteiger charge is 2.47. The number of rotatable bonds is 6. The molecule has 3 rings (SSSR count). The van der Waals surface area contributed by atoms with E-state index in [0.29, 0.717) is 23.3 Å². The molecular weight excluding hydrogens is 398 g/mol. The van der Waals surface area contributed by atoms with Crippen LogP contribution >= 0.6 is 0 Å². The lowest BCUT2D eigenvalue weighted by molar-refractivity contribution is -0.151. The van der Waals surface area contributed by atoms with E-state index in [1.54, 1.807) is 0 Å². The van der Waals surface area contributed by atoms with Gasteiger partial charge in [-0.15, -0.1) is 0 Å². The van der Waals surface area contributed by atoms with Crippen molar-refractivity contribution in [1.82, 2.24) is 5.32 Å². The highest BCUT2D eigenvalue weighted by molar-refractivity contribution is 6.12. The molecule has 7 nitrogen and oxygen atoms in total. The van der Waals surface area contributed by atoms with Crippen molar-refractivity contribution in [3.63, 3.8) is 0 Å². The largest absolute Gasteiger partial charge is 0.468 e. The fraction of sp³-hybridized carbons (Fsp3) is 0.458. The lowest BCUT2D eigenvalue weighted by atomic mass is 9.68. The van der Waals surface area contributed by atoms with Gasteiger partial charge < -0.3 is 19.5 Å². The van der Waals surface area contributed by atoms with Gasteiger partial charge in [-0.2, -0.15) is 0 Å². The second kappa shape index (κ2) is 9.47. The van der Waals surface area contributed by atoms with Crippen molar-refractivity contribution in [3.05, 3.63) is 57.9 Å². The van der Waals surface area contributed by atoms with Crippen molar-refractivity contribution >= 4 is 17.7 Å². The minimum Gasteiger partial charge on any atom is -0.468 e. The summed E-state index contributed by atoms with van der Waals surface area (Å²) >= 11 is 0. The van der Waals surface area contributed by atoms with Crippen LogP contribution in [0.4, 0.5) is 0 Å². The third kappa shape index (κ3) is 4.28. The summed E-state index contributed by atoms with van der Waals surface area (Å²) in [6.45, 7) is 5.99. The average molecular weight is 427 g/mol. The Kier molecular flexibility index (Phi) is 6.95. The topological polar surface area (TPSA) is 90.9 Å². The molecule has 1 N–H and O–H groups in total. The molecule has 1 aliphatic carbocycles. The first-order valence-electron chi connectivity index (χ1n) is 10.4. The Balaban J connectivity index is 2.14. The molecule has 0 bridgehead atoms. The molecule has 0 amide bonds. The molecule has 166 valence electrons. The number of esters is 2. The standard InChI is InChI=1S/C24H29NO6/c1-13-8-6-7-9-16(13)20-19(24(28)31-11-10-29-4)15(3)25-17-12-14(2)18(23(27)30-5)22(26)21(17)20/h6-9,14,18,20,25H,10-12H2,1-5H3/t14-,18-,20+/m1/s1. The molecule has 1 aromatic rings. The van der Waals surface area contributed by atoms with Crippen LogP contribution in [0.3, 0.4) is 0 Å². The van der Waals surface area contributed by atoms with E-state index in [1.165, 1.54) is 14.2 Å². The first-order chi connectivity index (χ1) is 14.8. The minimum atomic E-state index is -0.902. The maximum atomic E-state index is 13.6. The molecule has 0 saturated heterocycles. The van der Waals surface area contributed by atoms with Crippen molar-refractivity contribution in [2.24, 2.45) is 11.8 Å². The van der Waals surface area contributed by atoms with Crippen molar-refractivity contribution in [3.8, 4) is 0 Å². The number of carbonyl (C=O) groups excluding carboxylic acids is 3. The van der Waals surface area contributed by atoms with Crippen LogP contribution in [-0.4, -0.2) is 45.2 Å². The van der Waals surface area contributed by atoms with Gasteiger partial charge in [0.15, 0.2) is 5.78 Å². The number of aryl methyl sites for hydroxylation is 1. The molecule has 0 saturated carbocycles. The zero-order valence-electron chi connectivity index (χ0n) is 18.6. The molecule has 1 aliphatic heterocycles. The highest BCUT2D eigenvalue weighted by Crippen LogP contribution is 2.46. The number of benzene rings is 1. The van der Waals surface area contributed by atoms with E-state index in [4.69, 9.17) is 14.2 Å². The van der Waals surface area contributed by atoms with E-state index in [9.17, 15) is 14.4 Å². The van der Waals surface area contributed by atoms with Crippen LogP contribution in [0.2, 0.25) is 0 Å². The van der Waals surface area contributed by atoms with Crippen molar-refractivity contribution < 1.29 is 28.6 Å². The van der Waals surface area contributed by atoms with Gasteiger partial charge in [0.25, 0.3) is 0 Å². The molecule has 1 heterocycles. The quantitative estimate of drug-likeness (QED) is 0.424. The molecule has 3 atom stereocenters. The molecular formula is C24H29NO6. The summed E-state index contributed by atoms with van der Waals surface area (Å²) in [5, 5.41) is 3.25. The van der Waals surface area contributed by atoms with E-state index < -0.39 is 23.8 Å². The van der Waals surface area contributed by atoms with Gasteiger partial charge in [0.1, 0.15) is 12.5 Å². The Morgan fingerprint density at radius 1 is 1.13 bits per heavy atom. The molecule has 0 aromatic heterocycles. The Morgan fingerprint density at radius 3 is 2.48 bits per heavy atom. The fourth-order valence-corrected chi connectivity index (χ4v) is 4.47. The Hall–Kier alpha value is -2.93. The number of hydrogen-bond donors (Lipinski definition) is 1. The van der Waals surface area contributed by atoms with Gasteiger partial charge in [-0.25, -0.2) is 4.79 Å². The van der Waals surface area contributed by atoms with Crippen molar-refractivity contribution in [1.29, 1.82) is 0 Å². The van der Waals surface area contributed by atoms with Gasteiger partial charge in [0.2, 0.25) is 0 Å². The Labute approximate surface area is 182 Å². The van der Waals surface area contributed by atoms with Gasteiger partial charge in [0.05, 0.1) is 19.3 Å². The summed E-state index contributed by atoms with van der Waals surface area (Å²) in [5.74, 6) is -3.12. The highest BCUT2D eigenvalue weighted by atomic mass is 16.6. The first-order valence-corrected chi connectivity index (χ1v) is 10.4. The van der Waals surface area contributed by atoms with Gasteiger partial charge in [-0.3, -0.25) is 9.59 Å². The number of methoxy groups -OCH3 is 2. The van der Waals surface area contributed by atoms with E-state index in [2.05, 4.69) is 5.32 Å². The predicted molar refractivity (Wildman–Crippen MR) is 114 cm³/mol. The average Bonchev–Trinajstić information content (AvgIpc) is 2.73. The van der Waals surface area contributed by atoms with Crippen LogP contribution in [0.1, 0.15) is 37.3 Å². The van der Waals surface area contributed by atoms with Crippen LogP contribution in [0.25, 0.3) is 0 Å². The normalized spacial score (nSPS) is 23.3. The summed E-state index contributed by atoms with van der Waals surface area (Å²) in [6.07, 6.45) is 0.507. The number of Topliss-reactive ketones (excluding diaryl/α,β-unsaturated/α-hetero) is 1. The van der Waals surface area contributed by atoms with Crippen molar-refractivity contribution in [2.45, 2.75) is 33.1 Å². The number of ether oxygens (including phenoxy) is 3. The molecule has 31 heavy (non-hydrogen) atoms. The van der Waals surface area contributed by atoms with Crippen LogP contribution in [0.15, 0.2) is 46.8 Å². The van der Waals surface area contributed by atoms with E-state index in [0.717, 1.165) is 16.8 Å². The zero-order chi connectivity index (χ0) is 22.7. The number of carbonyl (C=O) groups is 3. The predicted octanol–water partition coefficient (Wildman–Crippen LogP) is 2.80. The van der Waals surface area contributed by atoms with E-state index in [1.807, 2.05) is 45.0 Å². The lowest BCUT2D eigenvalue weighted by Crippen LogP contribution is -2.43. The Morgan fingerprint density at radius 2 is 1.84 bits per heavy atom. The summed E-state index contributed by atoms with van der Waals surface area (Å²) in [7, 11) is 2.81. The number of nitrogens with one attached hydrogen (secondary N) is 1.